The number of aromatic nitrogens is 1. The number of ether oxygens (including phenoxy) is 2. The fourth-order valence-electron chi connectivity index (χ4n) is 4.26. The molecule has 1 aliphatic heterocycles. The van der Waals surface area contributed by atoms with Gasteiger partial charge in [-0.25, -0.2) is 4.98 Å². The van der Waals surface area contributed by atoms with Crippen molar-refractivity contribution < 1.29 is 14.3 Å². The molecule has 1 amide bonds. The lowest BCUT2D eigenvalue weighted by molar-refractivity contribution is 0.102. The van der Waals surface area contributed by atoms with Crippen LogP contribution in [0.1, 0.15) is 34.1 Å². The predicted molar refractivity (Wildman–Crippen MR) is 125 cm³/mol. The lowest BCUT2D eigenvalue weighted by atomic mass is 9.88. The second-order valence-electron chi connectivity index (χ2n) is 8.06. The topological polar surface area (TPSA) is 60.5 Å². The number of thiazole rings is 1. The molecule has 3 heterocycles. The van der Waals surface area contributed by atoms with Gasteiger partial charge in [0.1, 0.15) is 10.0 Å². The number of anilines is 1. The Kier molecular flexibility index (Phi) is 4.47. The van der Waals surface area contributed by atoms with Crippen LogP contribution in [0.5, 0.6) is 11.5 Å². The first-order valence-corrected chi connectivity index (χ1v) is 12.0. The highest BCUT2D eigenvalue weighted by Crippen LogP contribution is 2.47. The monoisotopic (exact) mass is 448 g/mol. The van der Waals surface area contributed by atoms with Crippen molar-refractivity contribution in [2.24, 2.45) is 5.92 Å². The average Bonchev–Trinajstić information content (AvgIpc) is 3.48. The number of hydrogen-bond donors (Lipinski definition) is 1. The number of carbonyl (C=O) groups is 1. The van der Waals surface area contributed by atoms with E-state index in [2.05, 4.69) is 18.3 Å². The second kappa shape index (κ2) is 7.35. The van der Waals surface area contributed by atoms with Gasteiger partial charge >= 0.3 is 0 Å². The molecule has 2 aromatic carbocycles. The molecule has 0 bridgehead atoms. The summed E-state index contributed by atoms with van der Waals surface area (Å²) < 4.78 is 12.0. The van der Waals surface area contributed by atoms with Gasteiger partial charge in [-0.1, -0.05) is 19.1 Å². The van der Waals surface area contributed by atoms with Crippen molar-refractivity contribution in [1.29, 1.82) is 0 Å². The number of nitrogens with one attached hydrogen (secondary N) is 1. The van der Waals surface area contributed by atoms with Gasteiger partial charge in [0.15, 0.2) is 11.5 Å². The Hall–Kier alpha value is -2.90. The van der Waals surface area contributed by atoms with Crippen molar-refractivity contribution in [2.75, 3.05) is 12.1 Å². The number of amides is 1. The van der Waals surface area contributed by atoms with Crippen molar-refractivity contribution in [2.45, 2.75) is 26.2 Å². The van der Waals surface area contributed by atoms with E-state index in [-0.39, 0.29) is 12.7 Å². The van der Waals surface area contributed by atoms with E-state index in [0.717, 1.165) is 45.1 Å². The van der Waals surface area contributed by atoms with E-state index in [4.69, 9.17) is 14.5 Å². The van der Waals surface area contributed by atoms with E-state index in [1.165, 1.54) is 10.4 Å². The van der Waals surface area contributed by atoms with Gasteiger partial charge in [0.2, 0.25) is 6.79 Å². The minimum Gasteiger partial charge on any atom is -0.454 e. The fraction of sp³-hybridized carbons (Fsp3) is 0.250. The number of carbonyl (C=O) groups excluding carboxylic acids is 1. The number of thiophene rings is 1. The molecule has 31 heavy (non-hydrogen) atoms. The molecular weight excluding hydrogens is 428 g/mol. The number of hydrogen-bond acceptors (Lipinski definition) is 6. The van der Waals surface area contributed by atoms with Crippen LogP contribution in [-0.4, -0.2) is 17.7 Å². The maximum atomic E-state index is 13.1. The third-order valence-corrected chi connectivity index (χ3v) is 8.10. The largest absolute Gasteiger partial charge is 0.454 e. The van der Waals surface area contributed by atoms with E-state index < -0.39 is 0 Å². The van der Waals surface area contributed by atoms with Crippen molar-refractivity contribution in [3.63, 3.8) is 0 Å². The summed E-state index contributed by atoms with van der Waals surface area (Å²) in [4.78, 5) is 19.4. The molecule has 0 saturated heterocycles. The van der Waals surface area contributed by atoms with Gasteiger partial charge in [0.05, 0.1) is 10.2 Å². The van der Waals surface area contributed by atoms with Crippen molar-refractivity contribution in [3.8, 4) is 22.1 Å². The molecular formula is C24H20N2O3S2. The highest BCUT2D eigenvalue weighted by Gasteiger charge is 2.28. The Balaban J connectivity index is 1.41. The SMILES string of the molecule is CC1CCc2c(sc(NC(=O)c3ccc4c(c3)OCO4)c2-c2nc3ccccc3s2)C1. The zero-order valence-corrected chi connectivity index (χ0v) is 18.6. The van der Waals surface area contributed by atoms with Crippen molar-refractivity contribution >= 4 is 43.8 Å². The molecule has 1 N–H and O–H groups in total. The minimum atomic E-state index is -0.146. The third-order valence-electron chi connectivity index (χ3n) is 5.88. The lowest BCUT2D eigenvalue weighted by Crippen LogP contribution is -2.12. The zero-order chi connectivity index (χ0) is 20.9. The van der Waals surface area contributed by atoms with Crippen LogP contribution in [0.15, 0.2) is 42.5 Å². The molecule has 7 heteroatoms. The van der Waals surface area contributed by atoms with Crippen LogP contribution >= 0.6 is 22.7 Å². The van der Waals surface area contributed by atoms with Gasteiger partial charge in [-0.15, -0.1) is 22.7 Å². The average molecular weight is 449 g/mol. The smallest absolute Gasteiger partial charge is 0.256 e. The molecule has 156 valence electrons. The standard InChI is InChI=1S/C24H20N2O3S2/c1-13-6-8-15-20(10-13)31-24(21(15)23-25-16-4-2-3-5-19(16)30-23)26-22(27)14-7-9-17-18(11-14)29-12-28-17/h2-5,7,9,11,13H,6,8,10,12H2,1H3,(H,26,27). The van der Waals surface area contributed by atoms with Crippen LogP contribution in [0.4, 0.5) is 5.00 Å². The number of para-hydroxylation sites is 1. The molecule has 5 nitrogen and oxygen atoms in total. The first-order valence-electron chi connectivity index (χ1n) is 10.4. The molecule has 0 spiro atoms. The van der Waals surface area contributed by atoms with Crippen LogP contribution in [-0.2, 0) is 12.8 Å². The second-order valence-corrected chi connectivity index (χ2v) is 10.2. The summed E-state index contributed by atoms with van der Waals surface area (Å²) in [7, 11) is 0. The van der Waals surface area contributed by atoms with E-state index in [9.17, 15) is 4.79 Å². The van der Waals surface area contributed by atoms with Crippen LogP contribution in [0.25, 0.3) is 20.8 Å². The molecule has 1 aliphatic carbocycles. The lowest BCUT2D eigenvalue weighted by Gasteiger charge is -2.18. The van der Waals surface area contributed by atoms with E-state index in [1.807, 2.05) is 18.2 Å². The molecule has 1 atom stereocenters. The Labute approximate surface area is 187 Å². The Morgan fingerprint density at radius 2 is 2.00 bits per heavy atom. The highest BCUT2D eigenvalue weighted by molar-refractivity contribution is 7.23. The molecule has 4 aromatic rings. The molecule has 6 rings (SSSR count). The summed E-state index contributed by atoms with van der Waals surface area (Å²) in [6, 6.07) is 13.5. The van der Waals surface area contributed by atoms with E-state index >= 15 is 0 Å². The molecule has 0 saturated carbocycles. The minimum absolute atomic E-state index is 0.146. The van der Waals surface area contributed by atoms with Crippen LogP contribution in [0, 0.1) is 5.92 Å². The molecule has 2 aliphatic rings. The van der Waals surface area contributed by atoms with E-state index in [0.29, 0.717) is 23.0 Å². The highest BCUT2D eigenvalue weighted by atomic mass is 32.1. The number of rotatable bonds is 3. The molecule has 0 fully saturated rings. The number of fused-ring (bicyclic) bond motifs is 3. The first-order chi connectivity index (χ1) is 15.2. The zero-order valence-electron chi connectivity index (χ0n) is 16.9. The molecule has 1 unspecified atom stereocenters. The van der Waals surface area contributed by atoms with Crippen molar-refractivity contribution in [1.82, 2.24) is 4.98 Å². The Morgan fingerprint density at radius 3 is 2.90 bits per heavy atom. The first kappa shape index (κ1) is 18.8. The Morgan fingerprint density at radius 1 is 1.13 bits per heavy atom. The third kappa shape index (κ3) is 3.28. The van der Waals surface area contributed by atoms with Gasteiger partial charge in [0, 0.05) is 16.0 Å². The summed E-state index contributed by atoms with van der Waals surface area (Å²) in [5, 5.41) is 5.05. The van der Waals surface area contributed by atoms with Gasteiger partial charge in [-0.2, -0.15) is 0 Å². The number of nitrogens with zero attached hydrogens (tertiary/aromatic N) is 1. The van der Waals surface area contributed by atoms with Gasteiger partial charge in [-0.05, 0) is 61.1 Å². The molecule has 2 aromatic heterocycles. The quantitative estimate of drug-likeness (QED) is 0.409. The van der Waals surface area contributed by atoms with E-state index in [1.54, 1.807) is 40.9 Å². The predicted octanol–water partition coefficient (Wildman–Crippen LogP) is 6.13. The van der Waals surface area contributed by atoms with Gasteiger partial charge in [0.25, 0.3) is 5.91 Å². The fourth-order valence-corrected chi connectivity index (χ4v) is 6.77. The summed E-state index contributed by atoms with van der Waals surface area (Å²) in [5.74, 6) is 1.80. The Bertz CT molecular complexity index is 1290. The van der Waals surface area contributed by atoms with Gasteiger partial charge in [-0.3, -0.25) is 4.79 Å². The van der Waals surface area contributed by atoms with Crippen LogP contribution in [0.3, 0.4) is 0 Å². The van der Waals surface area contributed by atoms with Crippen LogP contribution < -0.4 is 14.8 Å². The summed E-state index contributed by atoms with van der Waals surface area (Å²) in [5.41, 5.74) is 4.00. The number of benzene rings is 2. The normalized spacial score (nSPS) is 17.0. The van der Waals surface area contributed by atoms with Crippen LogP contribution in [0.2, 0.25) is 0 Å². The molecule has 0 radical (unpaired) electrons. The summed E-state index contributed by atoms with van der Waals surface area (Å²) in [6.45, 7) is 2.49. The summed E-state index contributed by atoms with van der Waals surface area (Å²) in [6.07, 6.45) is 3.24. The summed E-state index contributed by atoms with van der Waals surface area (Å²) >= 11 is 3.39. The maximum Gasteiger partial charge on any atom is 0.256 e. The van der Waals surface area contributed by atoms with Crippen molar-refractivity contribution in [3.05, 3.63) is 58.5 Å². The maximum absolute atomic E-state index is 13.1. The van der Waals surface area contributed by atoms with Gasteiger partial charge < -0.3 is 14.8 Å².